The van der Waals surface area contributed by atoms with Crippen LogP contribution in [0.3, 0.4) is 0 Å². The monoisotopic (exact) mass is 325 g/mol. The molecule has 0 spiro atoms. The lowest BCUT2D eigenvalue weighted by Crippen LogP contribution is -2.17. The smallest absolute Gasteiger partial charge is 0.109 e. The van der Waals surface area contributed by atoms with Gasteiger partial charge in [0.1, 0.15) is 5.82 Å². The maximum absolute atomic E-state index is 6.24. The number of rotatable bonds is 1. The second kappa shape index (κ2) is 6.39. The number of hydrogen-bond donors (Lipinski definition) is 1. The lowest BCUT2D eigenvalue weighted by atomic mass is 9.87. The van der Waals surface area contributed by atoms with E-state index in [9.17, 15) is 0 Å². The largest absolute Gasteiger partial charge is 0.334 e. The zero-order valence-electron chi connectivity index (χ0n) is 11.9. The van der Waals surface area contributed by atoms with Crippen molar-refractivity contribution in [2.45, 2.75) is 44.7 Å². The van der Waals surface area contributed by atoms with E-state index in [4.69, 9.17) is 10.7 Å². The van der Waals surface area contributed by atoms with Gasteiger partial charge in [-0.2, -0.15) is 0 Å². The zero-order valence-corrected chi connectivity index (χ0v) is 13.6. The lowest BCUT2D eigenvalue weighted by molar-refractivity contribution is 0.570. The fourth-order valence-corrected chi connectivity index (χ4v) is 3.39. The number of imidazole rings is 1. The fraction of sp³-hybridized carbons (Fsp3) is 0.438. The van der Waals surface area contributed by atoms with Gasteiger partial charge < -0.3 is 10.3 Å². The summed E-state index contributed by atoms with van der Waals surface area (Å²) in [6, 6.07) is 6.92. The maximum atomic E-state index is 6.24. The molecule has 1 aliphatic carbocycles. The molecule has 0 radical (unpaired) electrons. The molecule has 114 valence electrons. The summed E-state index contributed by atoms with van der Waals surface area (Å²) in [5.41, 5.74) is 11.3. The number of hydrogen-bond acceptors (Lipinski definition) is 2. The van der Waals surface area contributed by atoms with E-state index in [1.54, 1.807) is 0 Å². The fourth-order valence-electron chi connectivity index (χ4n) is 3.39. The van der Waals surface area contributed by atoms with Crippen LogP contribution in [0.15, 0.2) is 24.4 Å². The summed E-state index contributed by atoms with van der Waals surface area (Å²) >= 11 is 0. The van der Waals surface area contributed by atoms with E-state index in [0.29, 0.717) is 0 Å². The van der Waals surface area contributed by atoms with Crippen LogP contribution in [0.2, 0.25) is 0 Å². The first-order valence-corrected chi connectivity index (χ1v) is 7.26. The van der Waals surface area contributed by atoms with Gasteiger partial charge in [-0.1, -0.05) is 12.1 Å². The van der Waals surface area contributed by atoms with Crippen LogP contribution in [0.25, 0.3) is 11.3 Å². The minimum Gasteiger partial charge on any atom is -0.334 e. The molecule has 0 saturated heterocycles. The molecule has 0 amide bonds. The molecule has 5 heteroatoms. The minimum absolute atomic E-state index is 0. The molecule has 1 aromatic heterocycles. The number of fused-ring (bicyclic) bond motifs is 2. The average molecular weight is 326 g/mol. The molecule has 2 N–H and O–H groups in total. The number of nitrogens with two attached hydrogens (primary N) is 1. The SMILES string of the molecule is Cl.Cl.N[C@@H]1CCCc2ccc(-c3cn4c(n3)CCC4)cc21. The highest BCUT2D eigenvalue weighted by Gasteiger charge is 2.19. The van der Waals surface area contributed by atoms with Crippen LogP contribution in [0.1, 0.15) is 42.3 Å². The molecule has 2 aromatic rings. The summed E-state index contributed by atoms with van der Waals surface area (Å²) in [6.07, 6.45) is 8.03. The molecule has 1 aliphatic heterocycles. The summed E-state index contributed by atoms with van der Waals surface area (Å²) < 4.78 is 2.29. The molecule has 0 fully saturated rings. The maximum Gasteiger partial charge on any atom is 0.109 e. The topological polar surface area (TPSA) is 43.8 Å². The van der Waals surface area contributed by atoms with Crippen LogP contribution in [0.4, 0.5) is 0 Å². The van der Waals surface area contributed by atoms with Crippen LogP contribution >= 0.6 is 24.8 Å². The van der Waals surface area contributed by atoms with E-state index in [0.717, 1.165) is 25.1 Å². The Labute approximate surface area is 137 Å². The summed E-state index contributed by atoms with van der Waals surface area (Å²) in [4.78, 5) is 4.76. The van der Waals surface area contributed by atoms with Crippen molar-refractivity contribution >= 4 is 24.8 Å². The van der Waals surface area contributed by atoms with Crippen molar-refractivity contribution in [2.75, 3.05) is 0 Å². The van der Waals surface area contributed by atoms with Gasteiger partial charge in [0.15, 0.2) is 0 Å². The van der Waals surface area contributed by atoms with Crippen molar-refractivity contribution in [3.63, 3.8) is 0 Å². The Morgan fingerprint density at radius 2 is 2.00 bits per heavy atom. The lowest BCUT2D eigenvalue weighted by Gasteiger charge is -2.22. The van der Waals surface area contributed by atoms with Crippen molar-refractivity contribution in [1.82, 2.24) is 9.55 Å². The van der Waals surface area contributed by atoms with Gasteiger partial charge in [0.05, 0.1) is 5.69 Å². The highest BCUT2D eigenvalue weighted by atomic mass is 35.5. The molecule has 3 nitrogen and oxygen atoms in total. The minimum atomic E-state index is 0. The summed E-state index contributed by atoms with van der Waals surface area (Å²) in [5, 5.41) is 0. The van der Waals surface area contributed by atoms with Crippen LogP contribution in [0.5, 0.6) is 0 Å². The molecule has 0 bridgehead atoms. The first-order chi connectivity index (χ1) is 9.31. The zero-order chi connectivity index (χ0) is 12.8. The van der Waals surface area contributed by atoms with E-state index >= 15 is 0 Å². The van der Waals surface area contributed by atoms with E-state index in [1.807, 2.05) is 0 Å². The average Bonchev–Trinajstić information content (AvgIpc) is 2.99. The third-order valence-corrected chi connectivity index (χ3v) is 4.46. The predicted molar refractivity (Wildman–Crippen MR) is 90.3 cm³/mol. The number of aromatic nitrogens is 2. The van der Waals surface area contributed by atoms with Gasteiger partial charge in [-0.05, 0) is 42.9 Å². The van der Waals surface area contributed by atoms with Crippen molar-refractivity contribution in [3.05, 3.63) is 41.3 Å². The van der Waals surface area contributed by atoms with Crippen molar-refractivity contribution in [2.24, 2.45) is 5.73 Å². The second-order valence-corrected chi connectivity index (χ2v) is 5.75. The van der Waals surface area contributed by atoms with E-state index in [1.165, 1.54) is 41.8 Å². The van der Waals surface area contributed by atoms with Crippen molar-refractivity contribution in [1.29, 1.82) is 0 Å². The van der Waals surface area contributed by atoms with Gasteiger partial charge in [-0.25, -0.2) is 4.98 Å². The molecular weight excluding hydrogens is 305 g/mol. The molecule has 1 atom stereocenters. The van der Waals surface area contributed by atoms with Crippen LogP contribution in [0, 0.1) is 0 Å². The quantitative estimate of drug-likeness (QED) is 0.869. The van der Waals surface area contributed by atoms with Crippen LogP contribution < -0.4 is 5.73 Å². The first-order valence-electron chi connectivity index (χ1n) is 7.26. The highest BCUT2D eigenvalue weighted by Crippen LogP contribution is 2.32. The van der Waals surface area contributed by atoms with Crippen LogP contribution in [-0.4, -0.2) is 9.55 Å². The summed E-state index contributed by atoms with van der Waals surface area (Å²) in [7, 11) is 0. The number of benzene rings is 1. The second-order valence-electron chi connectivity index (χ2n) is 5.75. The summed E-state index contributed by atoms with van der Waals surface area (Å²) in [6.45, 7) is 1.12. The molecule has 1 aromatic carbocycles. The van der Waals surface area contributed by atoms with Gasteiger partial charge in [0, 0.05) is 30.8 Å². The summed E-state index contributed by atoms with van der Waals surface area (Å²) in [5.74, 6) is 1.23. The van der Waals surface area contributed by atoms with Gasteiger partial charge in [-0.15, -0.1) is 24.8 Å². The molecule has 2 heterocycles. The van der Waals surface area contributed by atoms with Crippen molar-refractivity contribution in [3.8, 4) is 11.3 Å². The normalized spacial score (nSPS) is 19.2. The van der Waals surface area contributed by atoms with E-state index in [-0.39, 0.29) is 30.9 Å². The Balaban J connectivity index is 0.000000807. The Hall–Kier alpha value is -1.03. The van der Waals surface area contributed by atoms with E-state index < -0.39 is 0 Å². The van der Waals surface area contributed by atoms with E-state index in [2.05, 4.69) is 29.0 Å². The standard InChI is InChI=1S/C16H19N3.2ClH/c17-14-4-1-3-11-6-7-12(9-13(11)14)15-10-19-8-2-5-16(19)18-15;;/h6-7,9-10,14H,1-5,8,17H2;2*1H/t14-;;/m1../s1. The van der Waals surface area contributed by atoms with Gasteiger partial charge in [-0.3, -0.25) is 0 Å². The number of aryl methyl sites for hydroxylation is 3. The van der Waals surface area contributed by atoms with Crippen LogP contribution in [-0.2, 0) is 19.4 Å². The molecule has 0 saturated carbocycles. The number of nitrogens with zero attached hydrogens (tertiary/aromatic N) is 2. The third kappa shape index (κ3) is 2.83. The molecule has 2 aliphatic rings. The van der Waals surface area contributed by atoms with Gasteiger partial charge >= 0.3 is 0 Å². The molecular formula is C16H21Cl2N3. The molecule has 0 unspecified atom stereocenters. The Morgan fingerprint density at radius 3 is 2.81 bits per heavy atom. The number of halogens is 2. The van der Waals surface area contributed by atoms with Crippen molar-refractivity contribution < 1.29 is 0 Å². The van der Waals surface area contributed by atoms with Gasteiger partial charge in [0.2, 0.25) is 0 Å². The third-order valence-electron chi connectivity index (χ3n) is 4.46. The highest BCUT2D eigenvalue weighted by molar-refractivity contribution is 5.85. The first kappa shape index (κ1) is 16.3. The Morgan fingerprint density at radius 1 is 1.14 bits per heavy atom. The predicted octanol–water partition coefficient (Wildman–Crippen LogP) is 3.68. The molecule has 4 rings (SSSR count). The molecule has 21 heavy (non-hydrogen) atoms. The van der Waals surface area contributed by atoms with Gasteiger partial charge in [0.25, 0.3) is 0 Å². The Bertz CT molecular complexity index is 615. The Kier molecular flexibility index (Phi) is 4.97.